The number of likely N-dealkylation sites (N-methyl/N-ethyl adjacent to an activating group) is 1. The fourth-order valence-corrected chi connectivity index (χ4v) is 3.40. The first kappa shape index (κ1) is 16.0. The Hall–Kier alpha value is -1.86. The molecular formula is C22H27N. The Kier molecular flexibility index (Phi) is 5.65. The quantitative estimate of drug-likeness (QED) is 0.683. The lowest BCUT2D eigenvalue weighted by molar-refractivity contribution is 0.365. The van der Waals surface area contributed by atoms with E-state index in [-0.39, 0.29) is 0 Å². The van der Waals surface area contributed by atoms with E-state index in [0.29, 0.717) is 0 Å². The number of nitrogens with zero attached hydrogens (tertiary/aromatic N) is 1. The maximum atomic E-state index is 2.37. The second kappa shape index (κ2) is 8.12. The molecule has 0 aromatic heterocycles. The van der Waals surface area contributed by atoms with Crippen LogP contribution in [0.5, 0.6) is 0 Å². The predicted octanol–water partition coefficient (Wildman–Crippen LogP) is 5.72. The molecule has 2 aromatic carbocycles. The molecular weight excluding hydrogens is 278 g/mol. The van der Waals surface area contributed by atoms with E-state index in [1.165, 1.54) is 48.4 Å². The Morgan fingerprint density at radius 3 is 2.61 bits per heavy atom. The normalized spacial score (nSPS) is 15.7. The van der Waals surface area contributed by atoms with Gasteiger partial charge in [0.05, 0.1) is 0 Å². The van der Waals surface area contributed by atoms with Gasteiger partial charge in [-0.05, 0) is 49.1 Å². The zero-order chi connectivity index (χ0) is 15.9. The van der Waals surface area contributed by atoms with Crippen LogP contribution in [-0.2, 0) is 6.54 Å². The Bertz CT molecular complexity index is 683. The van der Waals surface area contributed by atoms with Crippen LogP contribution in [0.1, 0.15) is 37.7 Å². The van der Waals surface area contributed by atoms with E-state index >= 15 is 0 Å². The van der Waals surface area contributed by atoms with E-state index in [9.17, 15) is 0 Å². The summed E-state index contributed by atoms with van der Waals surface area (Å²) in [6.07, 6.45) is 13.6. The highest BCUT2D eigenvalue weighted by molar-refractivity contribution is 5.85. The van der Waals surface area contributed by atoms with Crippen LogP contribution < -0.4 is 0 Å². The minimum Gasteiger partial charge on any atom is -0.298 e. The third-order valence-electron chi connectivity index (χ3n) is 4.70. The van der Waals surface area contributed by atoms with E-state index in [0.717, 1.165) is 13.1 Å². The topological polar surface area (TPSA) is 3.24 Å². The number of fused-ring (bicyclic) bond motifs is 1. The van der Waals surface area contributed by atoms with Crippen molar-refractivity contribution in [2.24, 2.45) is 0 Å². The van der Waals surface area contributed by atoms with Crippen LogP contribution in [0.25, 0.3) is 10.8 Å². The van der Waals surface area contributed by atoms with Gasteiger partial charge in [-0.2, -0.15) is 0 Å². The summed E-state index contributed by atoms with van der Waals surface area (Å²) >= 11 is 0. The van der Waals surface area contributed by atoms with Gasteiger partial charge in [-0.15, -0.1) is 0 Å². The molecule has 23 heavy (non-hydrogen) atoms. The summed E-state index contributed by atoms with van der Waals surface area (Å²) in [6.45, 7) is 1.98. The van der Waals surface area contributed by atoms with Crippen LogP contribution in [0.4, 0.5) is 0 Å². The SMILES string of the molecule is CN(C/C=C/C=C1CCCCC1)Cc1cccc2ccccc12. The summed E-state index contributed by atoms with van der Waals surface area (Å²) in [4.78, 5) is 2.37. The van der Waals surface area contributed by atoms with Crippen molar-refractivity contribution < 1.29 is 0 Å². The number of allylic oxidation sites excluding steroid dienone is 3. The van der Waals surface area contributed by atoms with Gasteiger partial charge < -0.3 is 0 Å². The average Bonchev–Trinajstić information content (AvgIpc) is 2.60. The van der Waals surface area contributed by atoms with Crippen molar-refractivity contribution in [3.05, 3.63) is 71.8 Å². The molecule has 0 saturated heterocycles. The molecule has 1 heteroatoms. The second-order valence-electron chi connectivity index (χ2n) is 6.65. The number of benzene rings is 2. The number of hydrogen-bond donors (Lipinski definition) is 0. The average molecular weight is 305 g/mol. The first-order valence-corrected chi connectivity index (χ1v) is 8.83. The van der Waals surface area contributed by atoms with E-state index in [1.54, 1.807) is 5.57 Å². The van der Waals surface area contributed by atoms with E-state index in [2.05, 4.69) is 72.6 Å². The molecule has 1 fully saturated rings. The monoisotopic (exact) mass is 305 g/mol. The fraction of sp³-hybridized carbons (Fsp3) is 0.364. The van der Waals surface area contributed by atoms with Gasteiger partial charge in [0.25, 0.3) is 0 Å². The van der Waals surface area contributed by atoms with E-state index in [4.69, 9.17) is 0 Å². The minimum atomic E-state index is 0.988. The molecule has 0 atom stereocenters. The molecule has 3 rings (SSSR count). The van der Waals surface area contributed by atoms with Crippen LogP contribution in [-0.4, -0.2) is 18.5 Å². The van der Waals surface area contributed by atoms with Crippen molar-refractivity contribution in [1.82, 2.24) is 4.90 Å². The lowest BCUT2D eigenvalue weighted by Gasteiger charge is -2.16. The van der Waals surface area contributed by atoms with Crippen molar-refractivity contribution in [2.75, 3.05) is 13.6 Å². The van der Waals surface area contributed by atoms with Crippen molar-refractivity contribution in [1.29, 1.82) is 0 Å². The summed E-state index contributed by atoms with van der Waals surface area (Å²) in [5.74, 6) is 0. The van der Waals surface area contributed by atoms with Crippen molar-refractivity contribution in [3.63, 3.8) is 0 Å². The Balaban J connectivity index is 1.57. The van der Waals surface area contributed by atoms with Gasteiger partial charge in [-0.1, -0.05) is 72.7 Å². The van der Waals surface area contributed by atoms with Crippen LogP contribution in [0.3, 0.4) is 0 Å². The first-order chi connectivity index (χ1) is 11.3. The van der Waals surface area contributed by atoms with Crippen LogP contribution in [0.15, 0.2) is 66.3 Å². The Labute approximate surface area is 140 Å². The highest BCUT2D eigenvalue weighted by Crippen LogP contribution is 2.22. The van der Waals surface area contributed by atoms with Gasteiger partial charge >= 0.3 is 0 Å². The molecule has 0 unspecified atom stereocenters. The van der Waals surface area contributed by atoms with Crippen molar-refractivity contribution in [3.8, 4) is 0 Å². The summed E-state index contributed by atoms with van der Waals surface area (Å²) in [5, 5.41) is 2.70. The summed E-state index contributed by atoms with van der Waals surface area (Å²) in [5.41, 5.74) is 3.04. The molecule has 1 saturated carbocycles. The molecule has 0 bridgehead atoms. The van der Waals surface area contributed by atoms with Gasteiger partial charge in [0.15, 0.2) is 0 Å². The molecule has 0 amide bonds. The molecule has 0 aliphatic heterocycles. The van der Waals surface area contributed by atoms with Crippen molar-refractivity contribution >= 4 is 10.8 Å². The summed E-state index contributed by atoms with van der Waals surface area (Å²) in [6, 6.07) is 15.2. The predicted molar refractivity (Wildman–Crippen MR) is 101 cm³/mol. The second-order valence-corrected chi connectivity index (χ2v) is 6.65. The smallest absolute Gasteiger partial charge is 0.0240 e. The molecule has 120 valence electrons. The van der Waals surface area contributed by atoms with Gasteiger partial charge in [-0.25, -0.2) is 0 Å². The van der Waals surface area contributed by atoms with Gasteiger partial charge in [0.2, 0.25) is 0 Å². The maximum absolute atomic E-state index is 2.37. The van der Waals surface area contributed by atoms with Crippen LogP contribution >= 0.6 is 0 Å². The standard InChI is InChI=1S/C22H27N/c1-23(17-8-7-12-19-10-3-2-4-11-19)18-21-15-9-14-20-13-5-6-16-22(20)21/h5-9,12-16H,2-4,10-11,17-18H2,1H3/b8-7+. The Morgan fingerprint density at radius 1 is 0.957 bits per heavy atom. The van der Waals surface area contributed by atoms with Gasteiger partial charge in [0.1, 0.15) is 0 Å². The molecule has 0 radical (unpaired) electrons. The molecule has 0 heterocycles. The van der Waals surface area contributed by atoms with E-state index in [1.807, 2.05) is 0 Å². The first-order valence-electron chi connectivity index (χ1n) is 8.83. The van der Waals surface area contributed by atoms with Gasteiger partial charge in [0, 0.05) is 13.1 Å². The van der Waals surface area contributed by atoms with Crippen LogP contribution in [0, 0.1) is 0 Å². The molecule has 2 aromatic rings. The van der Waals surface area contributed by atoms with Crippen molar-refractivity contribution in [2.45, 2.75) is 38.6 Å². The molecule has 1 nitrogen and oxygen atoms in total. The molecule has 1 aliphatic carbocycles. The van der Waals surface area contributed by atoms with Gasteiger partial charge in [-0.3, -0.25) is 4.90 Å². The lowest BCUT2D eigenvalue weighted by Crippen LogP contribution is -2.17. The number of rotatable bonds is 5. The summed E-state index contributed by atoms with van der Waals surface area (Å²) in [7, 11) is 2.19. The van der Waals surface area contributed by atoms with Crippen LogP contribution in [0.2, 0.25) is 0 Å². The minimum absolute atomic E-state index is 0.988. The zero-order valence-electron chi connectivity index (χ0n) is 14.2. The fourth-order valence-electron chi connectivity index (χ4n) is 3.40. The Morgan fingerprint density at radius 2 is 1.74 bits per heavy atom. The highest BCUT2D eigenvalue weighted by Gasteiger charge is 2.04. The molecule has 1 aliphatic rings. The maximum Gasteiger partial charge on any atom is 0.0240 e. The highest BCUT2D eigenvalue weighted by atomic mass is 15.1. The van der Waals surface area contributed by atoms with E-state index < -0.39 is 0 Å². The number of hydrogen-bond acceptors (Lipinski definition) is 1. The molecule has 0 N–H and O–H groups in total. The third kappa shape index (κ3) is 4.56. The molecule has 0 spiro atoms. The largest absolute Gasteiger partial charge is 0.298 e. The zero-order valence-corrected chi connectivity index (χ0v) is 14.2. The summed E-state index contributed by atoms with van der Waals surface area (Å²) < 4.78 is 0. The lowest BCUT2D eigenvalue weighted by atomic mass is 9.95. The third-order valence-corrected chi connectivity index (χ3v) is 4.70.